The van der Waals surface area contributed by atoms with Gasteiger partial charge in [-0.15, -0.1) is 6.58 Å². The highest BCUT2D eigenvalue weighted by Crippen LogP contribution is 2.03. The van der Waals surface area contributed by atoms with Crippen LogP contribution in [0.1, 0.15) is 19.8 Å². The van der Waals surface area contributed by atoms with Gasteiger partial charge in [-0.25, -0.2) is 0 Å². The molecule has 56 valence electrons. The fourth-order valence-electron chi connectivity index (χ4n) is 1.04. The molecule has 1 unspecified atom stereocenters. The molecular formula is C8H14N2. The fraction of sp³-hybridized carbons (Fsp3) is 0.625. The van der Waals surface area contributed by atoms with Crippen molar-refractivity contribution in [3.63, 3.8) is 0 Å². The number of nitrogens with one attached hydrogen (secondary N) is 1. The molecule has 0 spiro atoms. The highest BCUT2D eigenvalue weighted by Gasteiger charge is 2.12. The van der Waals surface area contributed by atoms with Gasteiger partial charge in [-0.05, 0) is 6.42 Å². The zero-order valence-electron chi connectivity index (χ0n) is 6.43. The number of aliphatic imine (C=N–C) groups is 1. The van der Waals surface area contributed by atoms with Crippen LogP contribution in [0.4, 0.5) is 0 Å². The molecule has 0 fully saturated rings. The second-order valence-electron chi connectivity index (χ2n) is 2.51. The Balaban J connectivity index is 2.40. The van der Waals surface area contributed by atoms with Crippen LogP contribution in [0.25, 0.3) is 0 Å². The summed E-state index contributed by atoms with van der Waals surface area (Å²) in [7, 11) is 0. The van der Waals surface area contributed by atoms with Crippen molar-refractivity contribution in [1.82, 2.24) is 5.32 Å². The Bertz CT molecular complexity index is 149. The third kappa shape index (κ3) is 1.59. The minimum Gasteiger partial charge on any atom is -0.371 e. The average molecular weight is 138 g/mol. The van der Waals surface area contributed by atoms with Gasteiger partial charge in [0.05, 0.1) is 6.04 Å². The van der Waals surface area contributed by atoms with Crippen LogP contribution in [0.5, 0.6) is 0 Å². The summed E-state index contributed by atoms with van der Waals surface area (Å²) in [6, 6.07) is 0.509. The lowest BCUT2D eigenvalue weighted by atomic mass is 10.2. The van der Waals surface area contributed by atoms with Gasteiger partial charge in [0.1, 0.15) is 5.84 Å². The van der Waals surface area contributed by atoms with E-state index in [1.54, 1.807) is 0 Å². The molecule has 0 aromatic carbocycles. The first-order valence-electron chi connectivity index (χ1n) is 3.78. The molecule has 1 aliphatic heterocycles. The van der Waals surface area contributed by atoms with Crippen molar-refractivity contribution in [2.45, 2.75) is 25.8 Å². The second kappa shape index (κ2) is 3.40. The van der Waals surface area contributed by atoms with Crippen LogP contribution in [0.3, 0.4) is 0 Å². The Kier molecular flexibility index (Phi) is 2.49. The zero-order valence-corrected chi connectivity index (χ0v) is 6.43. The van der Waals surface area contributed by atoms with Crippen LogP contribution in [0.15, 0.2) is 17.6 Å². The average Bonchev–Trinajstić information content (AvgIpc) is 2.37. The first-order chi connectivity index (χ1) is 4.86. The van der Waals surface area contributed by atoms with E-state index >= 15 is 0 Å². The molecule has 0 radical (unpaired) electrons. The number of amidine groups is 1. The van der Waals surface area contributed by atoms with Crippen LogP contribution in [0.2, 0.25) is 0 Å². The Morgan fingerprint density at radius 2 is 2.70 bits per heavy atom. The Morgan fingerprint density at radius 3 is 3.20 bits per heavy atom. The van der Waals surface area contributed by atoms with E-state index in [1.165, 1.54) is 0 Å². The quantitative estimate of drug-likeness (QED) is 0.585. The van der Waals surface area contributed by atoms with E-state index in [-0.39, 0.29) is 0 Å². The largest absolute Gasteiger partial charge is 0.371 e. The van der Waals surface area contributed by atoms with E-state index in [9.17, 15) is 0 Å². The molecule has 0 saturated carbocycles. The second-order valence-corrected chi connectivity index (χ2v) is 2.51. The van der Waals surface area contributed by atoms with E-state index in [2.05, 4.69) is 23.8 Å². The highest BCUT2D eigenvalue weighted by molar-refractivity contribution is 5.85. The minimum atomic E-state index is 0.509. The summed E-state index contributed by atoms with van der Waals surface area (Å²) < 4.78 is 0. The molecule has 10 heavy (non-hydrogen) atoms. The van der Waals surface area contributed by atoms with Crippen LogP contribution in [-0.4, -0.2) is 18.4 Å². The molecule has 1 aliphatic rings. The fourth-order valence-corrected chi connectivity index (χ4v) is 1.04. The normalized spacial score (nSPS) is 23.7. The smallest absolute Gasteiger partial charge is 0.101 e. The molecule has 0 aromatic heterocycles. The molecule has 1 N–H and O–H groups in total. The lowest BCUT2D eigenvalue weighted by molar-refractivity contribution is 0.674. The van der Waals surface area contributed by atoms with Crippen molar-refractivity contribution in [3.8, 4) is 0 Å². The summed E-state index contributed by atoms with van der Waals surface area (Å²) in [5.41, 5.74) is 0. The molecule has 0 amide bonds. The first kappa shape index (κ1) is 7.32. The molecule has 1 atom stereocenters. The molecule has 0 saturated heterocycles. The van der Waals surface area contributed by atoms with E-state index in [4.69, 9.17) is 0 Å². The summed E-state index contributed by atoms with van der Waals surface area (Å²) in [5, 5.41) is 3.24. The standard InChI is InChI=1S/C8H14N2/c1-3-5-8-9-6-7(4-2)10-8/h3,7H,1,4-6H2,2H3,(H,9,10). The van der Waals surface area contributed by atoms with Gasteiger partial charge in [-0.1, -0.05) is 13.0 Å². The monoisotopic (exact) mass is 138 g/mol. The maximum Gasteiger partial charge on any atom is 0.101 e. The molecule has 1 heterocycles. The SMILES string of the molecule is C=CCC1=NC(CC)CN1. The Labute approximate surface area is 62.0 Å². The van der Waals surface area contributed by atoms with Crippen molar-refractivity contribution >= 4 is 5.84 Å². The predicted molar refractivity (Wildman–Crippen MR) is 44.3 cm³/mol. The van der Waals surface area contributed by atoms with E-state index in [0.29, 0.717) is 6.04 Å². The maximum absolute atomic E-state index is 4.43. The van der Waals surface area contributed by atoms with Crippen molar-refractivity contribution < 1.29 is 0 Å². The molecular weight excluding hydrogens is 124 g/mol. The number of hydrogen-bond acceptors (Lipinski definition) is 2. The van der Waals surface area contributed by atoms with Gasteiger partial charge in [0, 0.05) is 13.0 Å². The first-order valence-corrected chi connectivity index (χ1v) is 3.78. The summed E-state index contributed by atoms with van der Waals surface area (Å²) in [6.45, 7) is 6.83. The third-order valence-corrected chi connectivity index (χ3v) is 1.69. The summed E-state index contributed by atoms with van der Waals surface area (Å²) in [6.07, 6.45) is 3.90. The number of nitrogens with zero attached hydrogens (tertiary/aromatic N) is 1. The van der Waals surface area contributed by atoms with E-state index < -0.39 is 0 Å². The third-order valence-electron chi connectivity index (χ3n) is 1.69. The minimum absolute atomic E-state index is 0.509. The summed E-state index contributed by atoms with van der Waals surface area (Å²) in [5.74, 6) is 1.10. The van der Waals surface area contributed by atoms with Crippen LogP contribution < -0.4 is 5.32 Å². The van der Waals surface area contributed by atoms with Crippen molar-refractivity contribution in [3.05, 3.63) is 12.7 Å². The molecule has 2 heteroatoms. The van der Waals surface area contributed by atoms with Crippen molar-refractivity contribution in [2.75, 3.05) is 6.54 Å². The lowest BCUT2D eigenvalue weighted by Crippen LogP contribution is -2.19. The lowest BCUT2D eigenvalue weighted by Gasteiger charge is -1.97. The zero-order chi connectivity index (χ0) is 7.40. The van der Waals surface area contributed by atoms with E-state index in [1.807, 2.05) is 6.08 Å². The van der Waals surface area contributed by atoms with Crippen molar-refractivity contribution in [1.29, 1.82) is 0 Å². The number of hydrogen-bond donors (Lipinski definition) is 1. The van der Waals surface area contributed by atoms with Gasteiger partial charge in [-0.3, -0.25) is 4.99 Å². The van der Waals surface area contributed by atoms with Gasteiger partial charge in [0.2, 0.25) is 0 Å². The van der Waals surface area contributed by atoms with Gasteiger partial charge in [-0.2, -0.15) is 0 Å². The van der Waals surface area contributed by atoms with Crippen molar-refractivity contribution in [2.24, 2.45) is 4.99 Å². The molecule has 0 aromatic rings. The van der Waals surface area contributed by atoms with Gasteiger partial charge >= 0.3 is 0 Å². The summed E-state index contributed by atoms with van der Waals surface area (Å²) >= 11 is 0. The number of rotatable bonds is 3. The topological polar surface area (TPSA) is 24.4 Å². The van der Waals surface area contributed by atoms with Gasteiger partial charge in [0.25, 0.3) is 0 Å². The Morgan fingerprint density at radius 1 is 1.90 bits per heavy atom. The van der Waals surface area contributed by atoms with Gasteiger partial charge in [0.15, 0.2) is 0 Å². The van der Waals surface area contributed by atoms with Crippen LogP contribution in [-0.2, 0) is 0 Å². The van der Waals surface area contributed by atoms with E-state index in [0.717, 1.165) is 25.2 Å². The summed E-state index contributed by atoms with van der Waals surface area (Å²) in [4.78, 5) is 4.43. The molecule has 1 rings (SSSR count). The van der Waals surface area contributed by atoms with Gasteiger partial charge < -0.3 is 5.32 Å². The Hall–Kier alpha value is -0.790. The molecule has 0 bridgehead atoms. The molecule has 0 aliphatic carbocycles. The van der Waals surface area contributed by atoms with Crippen LogP contribution >= 0.6 is 0 Å². The highest BCUT2D eigenvalue weighted by atomic mass is 15.1. The van der Waals surface area contributed by atoms with Crippen LogP contribution in [0, 0.1) is 0 Å². The maximum atomic E-state index is 4.43. The molecule has 2 nitrogen and oxygen atoms in total. The predicted octanol–water partition coefficient (Wildman–Crippen LogP) is 1.34.